The predicted molar refractivity (Wildman–Crippen MR) is 79.6 cm³/mol. The Kier molecular flexibility index (Phi) is 3.18. The Morgan fingerprint density at radius 2 is 2.09 bits per heavy atom. The van der Waals surface area contributed by atoms with E-state index in [9.17, 15) is 14.7 Å². The molecule has 2 aliphatic heterocycles. The van der Waals surface area contributed by atoms with Crippen molar-refractivity contribution in [1.29, 1.82) is 0 Å². The number of β-amino-alcohol motifs (C(OH)–C–C–N with tert-alkyl or cyclic N) is 1. The quantitative estimate of drug-likeness (QED) is 0.828. The number of nitrogens with two attached hydrogens (primary N) is 1. The Hall–Kier alpha value is -2.08. The average molecular weight is 304 g/mol. The molecule has 0 radical (unpaired) electrons. The molecule has 6 nitrogen and oxygen atoms in total. The van der Waals surface area contributed by atoms with Crippen molar-refractivity contribution in [3.63, 3.8) is 0 Å². The molecule has 3 N–H and O–H groups in total. The summed E-state index contributed by atoms with van der Waals surface area (Å²) in [7, 11) is 0. The standard InChI is InChI=1S/C16H20N2O4/c1-15(2)9-22-12-10(4-3-5-11(12)15)13(19)18-7-6-16(21,8-18)14(17)20/h3-5,21H,6-9H2,1-2H3,(H2,17,20). The summed E-state index contributed by atoms with van der Waals surface area (Å²) in [6.45, 7) is 4.88. The van der Waals surface area contributed by atoms with E-state index in [1.807, 2.05) is 12.1 Å². The van der Waals surface area contributed by atoms with Crippen LogP contribution >= 0.6 is 0 Å². The highest BCUT2D eigenvalue weighted by Crippen LogP contribution is 2.41. The van der Waals surface area contributed by atoms with Gasteiger partial charge in [0.05, 0.1) is 18.7 Å². The molecule has 1 aromatic rings. The second-order valence-electron chi connectivity index (χ2n) is 6.73. The first-order valence-corrected chi connectivity index (χ1v) is 7.32. The Morgan fingerprint density at radius 1 is 1.36 bits per heavy atom. The lowest BCUT2D eigenvalue weighted by atomic mass is 9.86. The Labute approximate surface area is 128 Å². The third-order valence-corrected chi connectivity index (χ3v) is 4.55. The number of primary amides is 1. The van der Waals surface area contributed by atoms with Crippen molar-refractivity contribution in [3.05, 3.63) is 29.3 Å². The molecular weight excluding hydrogens is 284 g/mol. The van der Waals surface area contributed by atoms with Gasteiger partial charge in [-0.2, -0.15) is 0 Å². The number of fused-ring (bicyclic) bond motifs is 1. The lowest BCUT2D eigenvalue weighted by Crippen LogP contribution is -2.46. The van der Waals surface area contributed by atoms with Gasteiger partial charge >= 0.3 is 0 Å². The van der Waals surface area contributed by atoms with Crippen LogP contribution in [0.5, 0.6) is 5.75 Å². The number of carbonyl (C=O) groups excluding carboxylic acids is 2. The summed E-state index contributed by atoms with van der Waals surface area (Å²) in [6, 6.07) is 5.51. The molecule has 1 saturated heterocycles. The summed E-state index contributed by atoms with van der Waals surface area (Å²) >= 11 is 0. The zero-order chi connectivity index (χ0) is 16.1. The highest BCUT2D eigenvalue weighted by atomic mass is 16.5. The Balaban J connectivity index is 1.90. The summed E-state index contributed by atoms with van der Waals surface area (Å²) in [5.41, 5.74) is 4.91. The number of hydrogen-bond donors (Lipinski definition) is 2. The zero-order valence-corrected chi connectivity index (χ0v) is 12.8. The fourth-order valence-corrected chi connectivity index (χ4v) is 3.06. The number of benzene rings is 1. The number of rotatable bonds is 2. The molecule has 118 valence electrons. The Morgan fingerprint density at radius 3 is 2.73 bits per heavy atom. The average Bonchev–Trinajstić information content (AvgIpc) is 3.01. The summed E-state index contributed by atoms with van der Waals surface area (Å²) in [5, 5.41) is 10.1. The van der Waals surface area contributed by atoms with E-state index < -0.39 is 11.5 Å². The van der Waals surface area contributed by atoms with Crippen LogP contribution in [0.3, 0.4) is 0 Å². The molecule has 0 spiro atoms. The molecule has 2 aliphatic rings. The van der Waals surface area contributed by atoms with E-state index >= 15 is 0 Å². The molecule has 3 rings (SSSR count). The van der Waals surface area contributed by atoms with E-state index in [0.717, 1.165) is 5.56 Å². The molecule has 0 aromatic heterocycles. The van der Waals surface area contributed by atoms with Crippen molar-refractivity contribution >= 4 is 11.8 Å². The topological polar surface area (TPSA) is 92.9 Å². The summed E-state index contributed by atoms with van der Waals surface area (Å²) in [4.78, 5) is 25.5. The number of hydrogen-bond acceptors (Lipinski definition) is 4. The number of amides is 2. The summed E-state index contributed by atoms with van der Waals surface area (Å²) in [6.07, 6.45) is 0.162. The van der Waals surface area contributed by atoms with Gasteiger partial charge in [0.25, 0.3) is 11.8 Å². The van der Waals surface area contributed by atoms with Crippen molar-refractivity contribution in [2.45, 2.75) is 31.3 Å². The van der Waals surface area contributed by atoms with Gasteiger partial charge in [-0.05, 0) is 6.07 Å². The number of ether oxygens (including phenoxy) is 1. The van der Waals surface area contributed by atoms with Crippen molar-refractivity contribution in [2.24, 2.45) is 5.73 Å². The second kappa shape index (κ2) is 4.71. The van der Waals surface area contributed by atoms with Crippen LogP contribution in [0.2, 0.25) is 0 Å². The molecule has 1 unspecified atom stereocenters. The molecule has 0 bridgehead atoms. The Bertz CT molecular complexity index is 656. The van der Waals surface area contributed by atoms with Crippen LogP contribution < -0.4 is 10.5 Å². The number of carbonyl (C=O) groups is 2. The molecule has 1 fully saturated rings. The molecule has 1 atom stereocenters. The third-order valence-electron chi connectivity index (χ3n) is 4.55. The molecule has 2 amide bonds. The van der Waals surface area contributed by atoms with E-state index in [0.29, 0.717) is 24.5 Å². The van der Waals surface area contributed by atoms with E-state index in [1.165, 1.54) is 4.90 Å². The predicted octanol–water partition coefficient (Wildman–Crippen LogP) is 0.419. The van der Waals surface area contributed by atoms with Crippen molar-refractivity contribution in [1.82, 2.24) is 4.90 Å². The highest BCUT2D eigenvalue weighted by Gasteiger charge is 2.44. The number of para-hydroxylation sites is 1. The van der Waals surface area contributed by atoms with Gasteiger partial charge in [-0.3, -0.25) is 9.59 Å². The fourth-order valence-electron chi connectivity index (χ4n) is 3.06. The first-order chi connectivity index (χ1) is 10.2. The minimum absolute atomic E-state index is 0.0752. The maximum atomic E-state index is 12.7. The van der Waals surface area contributed by atoms with Crippen LogP contribution in [0.1, 0.15) is 36.2 Å². The lowest BCUT2D eigenvalue weighted by molar-refractivity contribution is -0.134. The maximum Gasteiger partial charge on any atom is 0.257 e. The minimum Gasteiger partial charge on any atom is -0.492 e. The monoisotopic (exact) mass is 304 g/mol. The van der Waals surface area contributed by atoms with Crippen molar-refractivity contribution in [2.75, 3.05) is 19.7 Å². The number of aliphatic hydroxyl groups is 1. The van der Waals surface area contributed by atoms with Gasteiger partial charge in [0.1, 0.15) is 5.75 Å². The molecule has 0 aliphatic carbocycles. The zero-order valence-electron chi connectivity index (χ0n) is 12.8. The minimum atomic E-state index is -1.63. The van der Waals surface area contributed by atoms with E-state index in [1.54, 1.807) is 6.07 Å². The van der Waals surface area contributed by atoms with E-state index in [2.05, 4.69) is 13.8 Å². The van der Waals surface area contributed by atoms with Crippen LogP contribution in [-0.4, -0.2) is 47.1 Å². The van der Waals surface area contributed by atoms with Crippen LogP contribution in [0.25, 0.3) is 0 Å². The second-order valence-corrected chi connectivity index (χ2v) is 6.73. The van der Waals surface area contributed by atoms with Gasteiger partial charge in [-0.1, -0.05) is 26.0 Å². The van der Waals surface area contributed by atoms with Gasteiger partial charge in [0.15, 0.2) is 5.60 Å². The van der Waals surface area contributed by atoms with Crippen molar-refractivity contribution < 1.29 is 19.4 Å². The molecule has 22 heavy (non-hydrogen) atoms. The number of likely N-dealkylation sites (tertiary alicyclic amines) is 1. The SMILES string of the molecule is CC1(C)COc2c(C(=O)N3CCC(O)(C(N)=O)C3)cccc21. The maximum absolute atomic E-state index is 12.7. The highest BCUT2D eigenvalue weighted by molar-refractivity contribution is 5.98. The van der Waals surface area contributed by atoms with Crippen LogP contribution in [-0.2, 0) is 10.2 Å². The molecule has 2 heterocycles. The van der Waals surface area contributed by atoms with Crippen LogP contribution in [0, 0.1) is 0 Å². The summed E-state index contributed by atoms with van der Waals surface area (Å²) in [5.74, 6) is -0.433. The fraction of sp³-hybridized carbons (Fsp3) is 0.500. The van der Waals surface area contributed by atoms with Crippen molar-refractivity contribution in [3.8, 4) is 5.75 Å². The van der Waals surface area contributed by atoms with Gasteiger partial charge in [0.2, 0.25) is 0 Å². The number of nitrogens with zero attached hydrogens (tertiary/aromatic N) is 1. The summed E-state index contributed by atoms with van der Waals surface area (Å²) < 4.78 is 5.72. The third kappa shape index (κ3) is 2.14. The van der Waals surface area contributed by atoms with Gasteiger partial charge in [0, 0.05) is 23.9 Å². The first-order valence-electron chi connectivity index (χ1n) is 7.32. The molecule has 1 aromatic carbocycles. The van der Waals surface area contributed by atoms with Crippen LogP contribution in [0.4, 0.5) is 0 Å². The van der Waals surface area contributed by atoms with Gasteiger partial charge < -0.3 is 20.5 Å². The molecule has 6 heteroatoms. The first kappa shape index (κ1) is 14.8. The van der Waals surface area contributed by atoms with Gasteiger partial charge in [-0.15, -0.1) is 0 Å². The van der Waals surface area contributed by atoms with E-state index in [-0.39, 0.29) is 24.3 Å². The molecular formula is C16H20N2O4. The molecule has 0 saturated carbocycles. The van der Waals surface area contributed by atoms with Crippen LogP contribution in [0.15, 0.2) is 18.2 Å². The largest absolute Gasteiger partial charge is 0.492 e. The normalized spacial score (nSPS) is 25.7. The van der Waals surface area contributed by atoms with Gasteiger partial charge in [-0.25, -0.2) is 0 Å². The smallest absolute Gasteiger partial charge is 0.257 e. The lowest BCUT2D eigenvalue weighted by Gasteiger charge is -2.21. The van der Waals surface area contributed by atoms with E-state index in [4.69, 9.17) is 10.5 Å².